The summed E-state index contributed by atoms with van der Waals surface area (Å²) in [6.07, 6.45) is 3.84. The monoisotopic (exact) mass is 310 g/mol. The molecule has 3 heteroatoms. The van der Waals surface area contributed by atoms with Crippen LogP contribution in [0.1, 0.15) is 38.7 Å². The second-order valence-electron chi connectivity index (χ2n) is 5.95. The smallest absolute Gasteiger partial charge is 0.0423 e. The molecule has 0 unspecified atom stereocenters. The van der Waals surface area contributed by atoms with Crippen molar-refractivity contribution in [2.75, 3.05) is 18.0 Å². The maximum Gasteiger partial charge on any atom is 0.0423 e. The molecular formula is C15H23BrN2. The highest BCUT2D eigenvalue weighted by Gasteiger charge is 2.24. The fraction of sp³-hybridized carbons (Fsp3) is 0.600. The molecule has 2 rings (SSSR count). The van der Waals surface area contributed by atoms with Crippen molar-refractivity contribution in [2.45, 2.75) is 39.7 Å². The molecule has 1 aromatic rings. The lowest BCUT2D eigenvalue weighted by molar-refractivity contribution is 0.325. The van der Waals surface area contributed by atoms with Crippen molar-refractivity contribution in [3.63, 3.8) is 0 Å². The molecule has 2 nitrogen and oxygen atoms in total. The minimum Gasteiger partial charge on any atom is -0.371 e. The summed E-state index contributed by atoms with van der Waals surface area (Å²) in [7, 11) is 0. The molecule has 0 amide bonds. The van der Waals surface area contributed by atoms with Crippen LogP contribution in [-0.4, -0.2) is 13.1 Å². The van der Waals surface area contributed by atoms with E-state index in [0.717, 1.165) is 17.6 Å². The Kier molecular flexibility index (Phi) is 4.33. The van der Waals surface area contributed by atoms with Crippen LogP contribution in [0.3, 0.4) is 0 Å². The number of nitrogens with zero attached hydrogens (tertiary/aromatic N) is 1. The van der Waals surface area contributed by atoms with Crippen LogP contribution in [0.4, 0.5) is 5.69 Å². The normalized spacial score (nSPS) is 19.7. The molecule has 1 aliphatic rings. The first-order valence-corrected chi connectivity index (χ1v) is 7.55. The van der Waals surface area contributed by atoms with Gasteiger partial charge in [-0.2, -0.15) is 0 Å². The van der Waals surface area contributed by atoms with E-state index >= 15 is 0 Å². The van der Waals surface area contributed by atoms with Crippen molar-refractivity contribution < 1.29 is 0 Å². The van der Waals surface area contributed by atoms with Gasteiger partial charge >= 0.3 is 0 Å². The molecule has 100 valence electrons. The van der Waals surface area contributed by atoms with Crippen LogP contribution >= 0.6 is 15.9 Å². The summed E-state index contributed by atoms with van der Waals surface area (Å²) in [5, 5.41) is 0. The van der Waals surface area contributed by atoms with Crippen LogP contribution in [0, 0.1) is 5.41 Å². The molecule has 0 atom stereocenters. The van der Waals surface area contributed by atoms with Crippen LogP contribution < -0.4 is 10.6 Å². The zero-order chi connectivity index (χ0) is 13.2. The van der Waals surface area contributed by atoms with E-state index in [-0.39, 0.29) is 0 Å². The topological polar surface area (TPSA) is 29.3 Å². The van der Waals surface area contributed by atoms with Gasteiger partial charge in [-0.3, -0.25) is 0 Å². The number of rotatable bonds is 2. The Morgan fingerprint density at radius 1 is 1.28 bits per heavy atom. The van der Waals surface area contributed by atoms with Crippen molar-refractivity contribution in [2.24, 2.45) is 11.1 Å². The zero-order valence-corrected chi connectivity index (χ0v) is 13.0. The van der Waals surface area contributed by atoms with E-state index in [1.165, 1.54) is 30.5 Å². The van der Waals surface area contributed by atoms with Gasteiger partial charge in [0, 0.05) is 35.4 Å². The van der Waals surface area contributed by atoms with E-state index in [1.807, 2.05) is 0 Å². The lowest BCUT2D eigenvalue weighted by Gasteiger charge is -2.27. The predicted octanol–water partition coefficient (Wildman–Crippen LogP) is 3.92. The molecule has 1 aromatic carbocycles. The Balaban J connectivity index is 2.24. The highest BCUT2D eigenvalue weighted by atomic mass is 79.9. The highest BCUT2D eigenvalue weighted by Crippen LogP contribution is 2.34. The molecule has 1 heterocycles. The maximum absolute atomic E-state index is 5.89. The largest absolute Gasteiger partial charge is 0.371 e. The second kappa shape index (κ2) is 5.62. The lowest BCUT2D eigenvalue weighted by atomic mass is 9.85. The second-order valence-corrected chi connectivity index (χ2v) is 6.80. The van der Waals surface area contributed by atoms with Crippen molar-refractivity contribution in [1.29, 1.82) is 0 Å². The summed E-state index contributed by atoms with van der Waals surface area (Å²) in [4.78, 5) is 2.50. The summed E-state index contributed by atoms with van der Waals surface area (Å²) >= 11 is 3.61. The molecule has 1 saturated heterocycles. The van der Waals surface area contributed by atoms with E-state index in [1.54, 1.807) is 0 Å². The predicted molar refractivity (Wildman–Crippen MR) is 81.9 cm³/mol. The van der Waals surface area contributed by atoms with Gasteiger partial charge < -0.3 is 10.6 Å². The SMILES string of the molecule is CC1(C)CCCN(c2cccc(Br)c2CN)CC1. The summed E-state index contributed by atoms with van der Waals surface area (Å²) in [6.45, 7) is 7.63. The molecule has 0 aromatic heterocycles. The highest BCUT2D eigenvalue weighted by molar-refractivity contribution is 9.10. The quantitative estimate of drug-likeness (QED) is 0.897. The third kappa shape index (κ3) is 3.07. The van der Waals surface area contributed by atoms with Crippen LogP contribution in [0.5, 0.6) is 0 Å². The van der Waals surface area contributed by atoms with Crippen LogP contribution in [0.25, 0.3) is 0 Å². The Hall–Kier alpha value is -0.540. The molecule has 0 spiro atoms. The van der Waals surface area contributed by atoms with Gasteiger partial charge in [0.25, 0.3) is 0 Å². The van der Waals surface area contributed by atoms with Gasteiger partial charge in [0.2, 0.25) is 0 Å². The van der Waals surface area contributed by atoms with Gasteiger partial charge in [0.15, 0.2) is 0 Å². The Morgan fingerprint density at radius 3 is 2.78 bits per heavy atom. The van der Waals surface area contributed by atoms with Gasteiger partial charge in [-0.05, 0) is 36.8 Å². The fourth-order valence-corrected chi connectivity index (χ4v) is 3.23. The Bertz CT molecular complexity index is 415. The number of nitrogens with two attached hydrogens (primary N) is 1. The minimum absolute atomic E-state index is 0.476. The molecule has 1 aliphatic heterocycles. The van der Waals surface area contributed by atoms with Gasteiger partial charge in [-0.15, -0.1) is 0 Å². The fourth-order valence-electron chi connectivity index (χ4n) is 2.71. The Labute approximate surface area is 119 Å². The van der Waals surface area contributed by atoms with Gasteiger partial charge in [0.1, 0.15) is 0 Å². The molecule has 2 N–H and O–H groups in total. The number of hydrogen-bond acceptors (Lipinski definition) is 2. The molecule has 1 fully saturated rings. The van der Waals surface area contributed by atoms with E-state index in [0.29, 0.717) is 12.0 Å². The number of benzene rings is 1. The van der Waals surface area contributed by atoms with E-state index in [9.17, 15) is 0 Å². The van der Waals surface area contributed by atoms with Crippen molar-refractivity contribution in [1.82, 2.24) is 0 Å². The number of anilines is 1. The average Bonchev–Trinajstić information content (AvgIpc) is 2.50. The minimum atomic E-state index is 0.476. The standard InChI is InChI=1S/C15H23BrN2/c1-15(2)7-4-9-18(10-8-15)14-6-3-5-13(16)12(14)11-17/h3,5-6H,4,7-11,17H2,1-2H3. The van der Waals surface area contributed by atoms with E-state index < -0.39 is 0 Å². The Morgan fingerprint density at radius 2 is 2.06 bits per heavy atom. The van der Waals surface area contributed by atoms with Crippen molar-refractivity contribution in [3.05, 3.63) is 28.2 Å². The van der Waals surface area contributed by atoms with Crippen molar-refractivity contribution >= 4 is 21.6 Å². The van der Waals surface area contributed by atoms with Crippen molar-refractivity contribution in [3.8, 4) is 0 Å². The lowest BCUT2D eigenvalue weighted by Crippen LogP contribution is -2.26. The summed E-state index contributed by atoms with van der Waals surface area (Å²) in [6, 6.07) is 6.38. The molecular weight excluding hydrogens is 288 g/mol. The van der Waals surface area contributed by atoms with Gasteiger partial charge in [-0.25, -0.2) is 0 Å². The molecule has 0 bridgehead atoms. The molecule has 0 saturated carbocycles. The van der Waals surface area contributed by atoms with E-state index in [4.69, 9.17) is 5.73 Å². The molecule has 0 radical (unpaired) electrons. The van der Waals surface area contributed by atoms with Crippen LogP contribution in [0.2, 0.25) is 0 Å². The third-order valence-electron chi connectivity index (χ3n) is 3.98. The van der Waals surface area contributed by atoms with Crippen LogP contribution in [-0.2, 0) is 6.54 Å². The van der Waals surface area contributed by atoms with Crippen LogP contribution in [0.15, 0.2) is 22.7 Å². The first kappa shape index (κ1) is 13.9. The summed E-state index contributed by atoms with van der Waals surface area (Å²) in [5.74, 6) is 0. The maximum atomic E-state index is 5.89. The molecule has 18 heavy (non-hydrogen) atoms. The molecule has 0 aliphatic carbocycles. The summed E-state index contributed by atoms with van der Waals surface area (Å²) in [5.41, 5.74) is 8.91. The van der Waals surface area contributed by atoms with Gasteiger partial charge in [0.05, 0.1) is 0 Å². The van der Waals surface area contributed by atoms with Gasteiger partial charge in [-0.1, -0.05) is 35.8 Å². The zero-order valence-electron chi connectivity index (χ0n) is 11.4. The summed E-state index contributed by atoms with van der Waals surface area (Å²) < 4.78 is 1.13. The number of halogens is 1. The third-order valence-corrected chi connectivity index (χ3v) is 4.72. The first-order valence-electron chi connectivity index (χ1n) is 6.76. The van der Waals surface area contributed by atoms with E-state index in [2.05, 4.69) is 52.9 Å². The number of hydrogen-bond donors (Lipinski definition) is 1. The average molecular weight is 311 g/mol. The first-order chi connectivity index (χ1) is 8.53.